The number of alkyl halides is 1. The molecule has 2 rings (SSSR count). The van der Waals surface area contributed by atoms with Crippen LogP contribution in [-0.4, -0.2) is 35.0 Å². The minimum Gasteiger partial charge on any atom is -0.281 e. The summed E-state index contributed by atoms with van der Waals surface area (Å²) in [6.45, 7) is 6.21. The molecule has 0 saturated carbocycles. The van der Waals surface area contributed by atoms with Gasteiger partial charge in [-0.05, 0) is 33.6 Å². The first-order valence-electron chi connectivity index (χ1n) is 5.93. The number of rotatable bonds is 3. The number of hydrogen-bond donors (Lipinski definition) is 1. The van der Waals surface area contributed by atoms with E-state index < -0.39 is 10.0 Å². The van der Waals surface area contributed by atoms with Gasteiger partial charge in [-0.15, -0.1) is 11.6 Å². The minimum absolute atomic E-state index is 0.0741. The minimum atomic E-state index is -3.56. The van der Waals surface area contributed by atoms with E-state index in [2.05, 4.69) is 10.2 Å². The highest BCUT2D eigenvalue weighted by atomic mass is 35.5. The first kappa shape index (κ1) is 13.8. The van der Waals surface area contributed by atoms with Gasteiger partial charge in [0.15, 0.2) is 5.03 Å². The molecule has 1 aliphatic rings. The van der Waals surface area contributed by atoms with Gasteiger partial charge in [0.2, 0.25) is 0 Å². The smallest absolute Gasteiger partial charge is 0.263 e. The van der Waals surface area contributed by atoms with Crippen LogP contribution in [0.1, 0.15) is 37.9 Å². The van der Waals surface area contributed by atoms with E-state index >= 15 is 0 Å². The molecule has 0 aromatic carbocycles. The standard InChI is InChI=1S/C11H18ClN3O2S/c1-8-9(7-12)10(14-13-8)18(16,17)15-6-4-5-11(15,2)3/h4-7H2,1-3H3,(H,13,14). The Bertz CT molecular complexity index is 551. The van der Waals surface area contributed by atoms with Crippen LogP contribution in [0.2, 0.25) is 0 Å². The normalized spacial score (nSPS) is 20.4. The van der Waals surface area contributed by atoms with Gasteiger partial charge in [0.25, 0.3) is 10.0 Å². The second-order valence-corrected chi connectivity index (χ2v) is 7.30. The highest BCUT2D eigenvalue weighted by Crippen LogP contribution is 2.34. The zero-order chi connectivity index (χ0) is 13.6. The maximum absolute atomic E-state index is 12.6. The first-order valence-corrected chi connectivity index (χ1v) is 7.91. The molecule has 18 heavy (non-hydrogen) atoms. The van der Waals surface area contributed by atoms with Crippen LogP contribution < -0.4 is 0 Å². The number of H-pyrrole nitrogens is 1. The Hall–Kier alpha value is -0.590. The molecule has 1 N–H and O–H groups in total. The van der Waals surface area contributed by atoms with Crippen molar-refractivity contribution >= 4 is 21.6 Å². The van der Waals surface area contributed by atoms with E-state index in [4.69, 9.17) is 11.6 Å². The third kappa shape index (κ3) is 2.06. The van der Waals surface area contributed by atoms with Gasteiger partial charge in [0.1, 0.15) is 0 Å². The highest BCUT2D eigenvalue weighted by Gasteiger charge is 2.42. The van der Waals surface area contributed by atoms with E-state index in [1.165, 1.54) is 4.31 Å². The fourth-order valence-corrected chi connectivity index (χ4v) is 4.86. The summed E-state index contributed by atoms with van der Waals surface area (Å²) in [6.07, 6.45) is 1.75. The average molecular weight is 292 g/mol. The summed E-state index contributed by atoms with van der Waals surface area (Å²) < 4.78 is 26.8. The summed E-state index contributed by atoms with van der Waals surface area (Å²) >= 11 is 5.82. The first-order chi connectivity index (χ1) is 8.30. The molecular weight excluding hydrogens is 274 g/mol. The zero-order valence-corrected chi connectivity index (χ0v) is 12.4. The monoisotopic (exact) mass is 291 g/mol. The Morgan fingerprint density at radius 2 is 2.17 bits per heavy atom. The van der Waals surface area contributed by atoms with Gasteiger partial charge in [-0.1, -0.05) is 0 Å². The van der Waals surface area contributed by atoms with Crippen LogP contribution in [0.5, 0.6) is 0 Å². The summed E-state index contributed by atoms with van der Waals surface area (Å²) in [5, 5.41) is 6.71. The van der Waals surface area contributed by atoms with Crippen LogP contribution in [0, 0.1) is 6.92 Å². The molecule has 0 atom stereocenters. The van der Waals surface area contributed by atoms with Crippen molar-refractivity contribution in [2.24, 2.45) is 0 Å². The van der Waals surface area contributed by atoms with Crippen molar-refractivity contribution in [1.29, 1.82) is 0 Å². The summed E-state index contributed by atoms with van der Waals surface area (Å²) in [6, 6.07) is 0. The summed E-state index contributed by atoms with van der Waals surface area (Å²) in [4.78, 5) is 0. The van der Waals surface area contributed by atoms with Crippen molar-refractivity contribution in [3.63, 3.8) is 0 Å². The molecule has 0 radical (unpaired) electrons. The SMILES string of the molecule is Cc1[nH]nc(S(=O)(=O)N2CCCC2(C)C)c1CCl. The van der Waals surface area contributed by atoms with Crippen molar-refractivity contribution in [1.82, 2.24) is 14.5 Å². The predicted molar refractivity (Wildman–Crippen MR) is 70.1 cm³/mol. The number of halogens is 1. The number of aryl methyl sites for hydroxylation is 1. The van der Waals surface area contributed by atoms with Crippen LogP contribution in [0.15, 0.2) is 5.03 Å². The Kier molecular flexibility index (Phi) is 3.46. The number of hydrogen-bond acceptors (Lipinski definition) is 3. The van der Waals surface area contributed by atoms with Crippen molar-refractivity contribution in [3.8, 4) is 0 Å². The molecule has 5 nitrogen and oxygen atoms in total. The Morgan fingerprint density at radius 1 is 1.50 bits per heavy atom. The molecule has 0 amide bonds. The van der Waals surface area contributed by atoms with Crippen LogP contribution in [-0.2, 0) is 15.9 Å². The van der Waals surface area contributed by atoms with Crippen molar-refractivity contribution < 1.29 is 8.42 Å². The van der Waals surface area contributed by atoms with Crippen LogP contribution in [0.3, 0.4) is 0 Å². The zero-order valence-electron chi connectivity index (χ0n) is 10.8. The molecule has 2 heterocycles. The molecule has 102 valence electrons. The molecule has 1 aromatic heterocycles. The lowest BCUT2D eigenvalue weighted by Gasteiger charge is -2.29. The molecule has 1 fully saturated rings. The second kappa shape index (κ2) is 4.51. The Balaban J connectivity index is 2.49. The maximum Gasteiger partial charge on any atom is 0.263 e. The van der Waals surface area contributed by atoms with Gasteiger partial charge in [-0.2, -0.15) is 9.40 Å². The van der Waals surface area contributed by atoms with Crippen molar-refractivity contribution in [2.75, 3.05) is 6.54 Å². The lowest BCUT2D eigenvalue weighted by atomic mass is 10.0. The van der Waals surface area contributed by atoms with Crippen molar-refractivity contribution in [3.05, 3.63) is 11.3 Å². The molecule has 0 aliphatic carbocycles. The fourth-order valence-electron chi connectivity index (χ4n) is 2.43. The predicted octanol–water partition coefficient (Wildman–Crippen LogP) is 2.02. The quantitative estimate of drug-likeness (QED) is 0.867. The van der Waals surface area contributed by atoms with Gasteiger partial charge in [-0.25, -0.2) is 8.42 Å². The lowest BCUT2D eigenvalue weighted by Crippen LogP contribution is -2.42. The van der Waals surface area contributed by atoms with E-state index in [1.54, 1.807) is 6.92 Å². The van der Waals surface area contributed by atoms with Gasteiger partial charge < -0.3 is 0 Å². The van der Waals surface area contributed by atoms with Gasteiger partial charge in [0, 0.05) is 23.3 Å². The fraction of sp³-hybridized carbons (Fsp3) is 0.727. The number of nitrogens with one attached hydrogen (secondary N) is 1. The molecule has 0 spiro atoms. The average Bonchev–Trinajstić information content (AvgIpc) is 2.81. The Morgan fingerprint density at radius 3 is 2.67 bits per heavy atom. The highest BCUT2D eigenvalue weighted by molar-refractivity contribution is 7.89. The second-order valence-electron chi connectivity index (χ2n) is 5.26. The summed E-state index contributed by atoms with van der Waals surface area (Å²) in [5.74, 6) is 0.144. The molecule has 0 unspecified atom stereocenters. The van der Waals surface area contributed by atoms with E-state index in [1.807, 2.05) is 13.8 Å². The molecule has 7 heteroatoms. The van der Waals surface area contributed by atoms with E-state index in [9.17, 15) is 8.42 Å². The molecule has 1 aromatic rings. The van der Waals surface area contributed by atoms with Crippen LogP contribution in [0.25, 0.3) is 0 Å². The number of aromatic amines is 1. The van der Waals surface area contributed by atoms with Gasteiger partial charge >= 0.3 is 0 Å². The number of aromatic nitrogens is 2. The van der Waals surface area contributed by atoms with Gasteiger partial charge in [0.05, 0.1) is 5.88 Å². The third-order valence-electron chi connectivity index (χ3n) is 3.53. The number of sulfonamides is 1. The van der Waals surface area contributed by atoms with E-state index in [0.717, 1.165) is 12.8 Å². The Labute approximate surface area is 113 Å². The number of nitrogens with zero attached hydrogens (tertiary/aromatic N) is 2. The maximum atomic E-state index is 12.6. The topological polar surface area (TPSA) is 66.1 Å². The van der Waals surface area contributed by atoms with E-state index in [0.29, 0.717) is 17.8 Å². The summed E-state index contributed by atoms with van der Waals surface area (Å²) in [7, 11) is -3.56. The molecular formula is C11H18ClN3O2S. The largest absolute Gasteiger partial charge is 0.281 e. The molecule has 0 bridgehead atoms. The van der Waals surface area contributed by atoms with Gasteiger partial charge in [-0.3, -0.25) is 5.10 Å². The lowest BCUT2D eigenvalue weighted by molar-refractivity contribution is 0.290. The summed E-state index contributed by atoms with van der Waals surface area (Å²) in [5.41, 5.74) is 0.926. The van der Waals surface area contributed by atoms with Crippen LogP contribution >= 0.6 is 11.6 Å². The van der Waals surface area contributed by atoms with Crippen LogP contribution in [0.4, 0.5) is 0 Å². The van der Waals surface area contributed by atoms with E-state index in [-0.39, 0.29) is 16.4 Å². The molecule has 1 aliphatic heterocycles. The third-order valence-corrected chi connectivity index (χ3v) is 5.88. The van der Waals surface area contributed by atoms with Crippen molar-refractivity contribution in [2.45, 2.75) is 50.1 Å². The molecule has 1 saturated heterocycles.